The molecule has 0 unspecified atom stereocenters. The maximum atomic E-state index is 13.1. The lowest BCUT2D eigenvalue weighted by Crippen LogP contribution is -2.20. The van der Waals surface area contributed by atoms with Crippen molar-refractivity contribution in [2.45, 2.75) is 39.4 Å². The van der Waals surface area contributed by atoms with Crippen molar-refractivity contribution >= 4 is 23.2 Å². The van der Waals surface area contributed by atoms with Crippen LogP contribution in [0.4, 0.5) is 5.69 Å². The largest absolute Gasteiger partial charge is 0.348 e. The number of hydrogen-bond acceptors (Lipinski definition) is 6. The summed E-state index contributed by atoms with van der Waals surface area (Å²) in [5.74, 6) is 1.65. The van der Waals surface area contributed by atoms with Gasteiger partial charge in [-0.25, -0.2) is 9.67 Å². The Morgan fingerprint density at radius 2 is 2.06 bits per heavy atom. The Kier molecular flexibility index (Phi) is 7.45. The number of thioether (sulfide) groups is 1. The van der Waals surface area contributed by atoms with Gasteiger partial charge in [-0.05, 0) is 32.4 Å². The molecule has 2 N–H and O–H groups in total. The number of nitrogens with zero attached hydrogens (tertiary/aromatic N) is 4. The standard InChI is InChI=1S/C21H26N6O3S/c1-4-5-18-20(15(3)22-10-11-31-12-19-14(2)23-13-24-19)21(28)26(25-18)16-6-8-17(9-7-16)27(29)30/h6-9,13,25H,4-5,10-12H2,1-3H3,(H,23,24). The first-order chi connectivity index (χ1) is 14.9. The van der Waals surface area contributed by atoms with Gasteiger partial charge < -0.3 is 4.98 Å². The number of H-pyrrole nitrogens is 2. The molecule has 0 amide bonds. The highest BCUT2D eigenvalue weighted by molar-refractivity contribution is 7.98. The van der Waals surface area contributed by atoms with E-state index >= 15 is 0 Å². The molecule has 0 spiro atoms. The fourth-order valence-electron chi connectivity index (χ4n) is 3.25. The summed E-state index contributed by atoms with van der Waals surface area (Å²) in [4.78, 5) is 35.5. The molecule has 0 aliphatic rings. The average molecular weight is 443 g/mol. The van der Waals surface area contributed by atoms with Crippen LogP contribution in [-0.4, -0.2) is 42.7 Å². The number of rotatable bonds is 10. The lowest BCUT2D eigenvalue weighted by Gasteiger charge is -2.02. The normalized spacial score (nSPS) is 11.8. The van der Waals surface area contributed by atoms with Crippen LogP contribution in [0.2, 0.25) is 0 Å². The molecule has 0 saturated heterocycles. The molecule has 2 aromatic heterocycles. The van der Waals surface area contributed by atoms with Crippen LogP contribution in [0.1, 0.15) is 42.9 Å². The molecule has 1 aromatic carbocycles. The van der Waals surface area contributed by atoms with Crippen LogP contribution in [0.25, 0.3) is 5.69 Å². The van der Waals surface area contributed by atoms with Gasteiger partial charge in [0.2, 0.25) is 0 Å². The Hall–Kier alpha value is -3.14. The molecule has 0 aliphatic carbocycles. The van der Waals surface area contributed by atoms with E-state index in [9.17, 15) is 14.9 Å². The summed E-state index contributed by atoms with van der Waals surface area (Å²) in [6.07, 6.45) is 3.29. The van der Waals surface area contributed by atoms with E-state index in [-0.39, 0.29) is 11.2 Å². The number of benzene rings is 1. The lowest BCUT2D eigenvalue weighted by atomic mass is 10.1. The second-order valence-corrected chi connectivity index (χ2v) is 8.23. The molecular formula is C21H26N6O3S. The van der Waals surface area contributed by atoms with Crippen molar-refractivity contribution in [3.05, 3.63) is 73.7 Å². The summed E-state index contributed by atoms with van der Waals surface area (Å²) >= 11 is 1.75. The van der Waals surface area contributed by atoms with Gasteiger partial charge in [0.1, 0.15) is 0 Å². The lowest BCUT2D eigenvalue weighted by molar-refractivity contribution is -0.384. The smallest absolute Gasteiger partial charge is 0.280 e. The number of nitrogens with one attached hydrogen (secondary N) is 2. The third kappa shape index (κ3) is 5.32. The molecule has 0 radical (unpaired) electrons. The second kappa shape index (κ2) is 10.3. The number of imidazole rings is 1. The SMILES string of the molecule is CCCc1[nH]n(-c2ccc([N+](=O)[O-])cc2)c(=O)c1C(C)=NCCSCc1nc[nH]c1C. The molecule has 0 fully saturated rings. The van der Waals surface area contributed by atoms with Gasteiger partial charge in [-0.2, -0.15) is 11.8 Å². The van der Waals surface area contributed by atoms with Crippen molar-refractivity contribution in [3.8, 4) is 5.69 Å². The van der Waals surface area contributed by atoms with Crippen LogP contribution >= 0.6 is 11.8 Å². The van der Waals surface area contributed by atoms with Crippen molar-refractivity contribution in [3.63, 3.8) is 0 Å². The highest BCUT2D eigenvalue weighted by Crippen LogP contribution is 2.16. The minimum atomic E-state index is -0.461. The van der Waals surface area contributed by atoms with Gasteiger partial charge in [-0.3, -0.25) is 25.0 Å². The van der Waals surface area contributed by atoms with Crippen molar-refractivity contribution in [2.75, 3.05) is 12.3 Å². The molecule has 3 rings (SSSR count). The zero-order valence-corrected chi connectivity index (χ0v) is 18.7. The third-order valence-electron chi connectivity index (χ3n) is 4.90. The number of aromatic nitrogens is 4. The zero-order valence-electron chi connectivity index (χ0n) is 17.8. The van der Waals surface area contributed by atoms with E-state index in [1.54, 1.807) is 30.2 Å². The molecule has 0 bridgehead atoms. The predicted octanol–water partition coefficient (Wildman–Crippen LogP) is 3.80. The van der Waals surface area contributed by atoms with Crippen LogP contribution < -0.4 is 5.56 Å². The number of aliphatic imine (C=N–C) groups is 1. The predicted molar refractivity (Wildman–Crippen MR) is 124 cm³/mol. The number of aromatic amines is 2. The van der Waals surface area contributed by atoms with Crippen molar-refractivity contribution < 1.29 is 4.92 Å². The second-order valence-electron chi connectivity index (χ2n) is 7.12. The summed E-state index contributed by atoms with van der Waals surface area (Å²) in [5.41, 5.74) is 4.57. The zero-order chi connectivity index (χ0) is 22.4. The van der Waals surface area contributed by atoms with E-state index in [1.807, 2.05) is 20.8 Å². The van der Waals surface area contributed by atoms with Crippen LogP contribution in [0.5, 0.6) is 0 Å². The Labute approximate surface area is 184 Å². The fraction of sp³-hybridized carbons (Fsp3) is 0.381. The highest BCUT2D eigenvalue weighted by atomic mass is 32.2. The third-order valence-corrected chi connectivity index (χ3v) is 5.85. The Balaban J connectivity index is 1.75. The summed E-state index contributed by atoms with van der Waals surface area (Å²) in [6, 6.07) is 5.91. The van der Waals surface area contributed by atoms with E-state index < -0.39 is 4.92 Å². The molecule has 31 heavy (non-hydrogen) atoms. The van der Waals surface area contributed by atoms with Crippen molar-refractivity contribution in [2.24, 2.45) is 4.99 Å². The highest BCUT2D eigenvalue weighted by Gasteiger charge is 2.17. The molecule has 0 atom stereocenters. The first kappa shape index (κ1) is 22.5. The van der Waals surface area contributed by atoms with Crippen LogP contribution in [-0.2, 0) is 12.2 Å². The molecule has 0 aliphatic heterocycles. The van der Waals surface area contributed by atoms with E-state index in [0.717, 1.165) is 35.0 Å². The molecular weight excluding hydrogens is 416 g/mol. The maximum absolute atomic E-state index is 13.1. The molecule has 0 saturated carbocycles. The quantitative estimate of drug-likeness (QED) is 0.214. The first-order valence-corrected chi connectivity index (χ1v) is 11.2. The number of non-ortho nitro benzene ring substituents is 1. The average Bonchev–Trinajstić information content (AvgIpc) is 3.30. The molecule has 164 valence electrons. The summed E-state index contributed by atoms with van der Waals surface area (Å²) in [7, 11) is 0. The van der Waals surface area contributed by atoms with Gasteiger partial charge in [0, 0.05) is 47.3 Å². The van der Waals surface area contributed by atoms with Gasteiger partial charge in [-0.1, -0.05) is 13.3 Å². The minimum Gasteiger partial charge on any atom is -0.348 e. The van der Waals surface area contributed by atoms with E-state index in [0.29, 0.717) is 29.9 Å². The monoisotopic (exact) mass is 442 g/mol. The van der Waals surface area contributed by atoms with E-state index in [4.69, 9.17) is 0 Å². The Morgan fingerprint density at radius 3 is 2.68 bits per heavy atom. The molecule has 3 aromatic rings. The first-order valence-electron chi connectivity index (χ1n) is 10.1. The summed E-state index contributed by atoms with van der Waals surface area (Å²) in [5, 5.41) is 14.0. The Bertz CT molecular complexity index is 1130. The van der Waals surface area contributed by atoms with E-state index in [2.05, 4.69) is 20.1 Å². The van der Waals surface area contributed by atoms with Gasteiger partial charge in [0.15, 0.2) is 0 Å². The Morgan fingerprint density at radius 1 is 1.32 bits per heavy atom. The van der Waals surface area contributed by atoms with Gasteiger partial charge >= 0.3 is 0 Å². The maximum Gasteiger partial charge on any atom is 0.280 e. The van der Waals surface area contributed by atoms with Gasteiger partial charge in [0.25, 0.3) is 11.2 Å². The van der Waals surface area contributed by atoms with Gasteiger partial charge in [0.05, 0.1) is 28.2 Å². The molecule has 9 nitrogen and oxygen atoms in total. The van der Waals surface area contributed by atoms with Crippen LogP contribution in [0.15, 0.2) is 40.4 Å². The number of nitro groups is 1. The van der Waals surface area contributed by atoms with Gasteiger partial charge in [-0.15, -0.1) is 0 Å². The summed E-state index contributed by atoms with van der Waals surface area (Å²) in [6.45, 7) is 6.51. The van der Waals surface area contributed by atoms with Crippen molar-refractivity contribution in [1.29, 1.82) is 0 Å². The van der Waals surface area contributed by atoms with Crippen LogP contribution in [0.3, 0.4) is 0 Å². The number of aryl methyl sites for hydroxylation is 2. The number of nitro benzene ring substituents is 1. The minimum absolute atomic E-state index is 0.0161. The molecule has 2 heterocycles. The van der Waals surface area contributed by atoms with Crippen molar-refractivity contribution in [1.82, 2.24) is 19.7 Å². The van der Waals surface area contributed by atoms with Crippen LogP contribution in [0, 0.1) is 17.0 Å². The van der Waals surface area contributed by atoms with E-state index in [1.165, 1.54) is 16.8 Å². The number of hydrogen-bond donors (Lipinski definition) is 2. The topological polar surface area (TPSA) is 122 Å². The fourth-order valence-corrected chi connectivity index (χ4v) is 4.10. The summed E-state index contributed by atoms with van der Waals surface area (Å²) < 4.78 is 1.43. The molecule has 10 heteroatoms.